The molecule has 3 aliphatic heterocycles. The van der Waals surface area contributed by atoms with E-state index in [4.69, 9.17) is 21.3 Å². The normalized spacial score (nSPS) is 20.5. The average Bonchev–Trinajstić information content (AvgIpc) is 3.78. The number of rotatable bonds is 17. The molecule has 64 heavy (non-hydrogen) atoms. The van der Waals surface area contributed by atoms with Crippen LogP contribution in [0, 0.1) is 0 Å². The van der Waals surface area contributed by atoms with Gasteiger partial charge in [0.25, 0.3) is 17.7 Å². The van der Waals surface area contributed by atoms with Crippen LogP contribution in [0.4, 0.5) is 11.5 Å². The molecule has 336 valence electrons. The van der Waals surface area contributed by atoms with Gasteiger partial charge in [-0.05, 0) is 100 Å². The van der Waals surface area contributed by atoms with Crippen molar-refractivity contribution in [3.05, 3.63) is 89.5 Å². The van der Waals surface area contributed by atoms with Crippen LogP contribution in [0.15, 0.2) is 72.8 Å². The smallest absolute Gasteiger partial charge is 0.264 e. The van der Waals surface area contributed by atoms with Crippen LogP contribution < -0.4 is 32.2 Å². The number of ether oxygens (including phenoxy) is 1. The molecule has 1 unspecified atom stereocenters. The number of piperidine rings is 1. The monoisotopic (exact) mass is 872 g/mol. The highest BCUT2D eigenvalue weighted by atomic mass is 16.5. The zero-order valence-electron chi connectivity index (χ0n) is 35.9. The molecule has 2 saturated heterocycles. The minimum atomic E-state index is -1.05. The number of imide groups is 2. The van der Waals surface area contributed by atoms with Crippen LogP contribution in [-0.2, 0) is 14.4 Å². The lowest BCUT2D eigenvalue weighted by molar-refractivity contribution is -0.136. The van der Waals surface area contributed by atoms with Crippen molar-refractivity contribution >= 4 is 46.9 Å². The fraction of sp³-hybridized carbons (Fsp3) is 0.426. The Morgan fingerprint density at radius 2 is 1.48 bits per heavy atom. The second kappa shape index (κ2) is 19.8. The van der Waals surface area contributed by atoms with E-state index in [-0.39, 0.29) is 48.0 Å². The predicted molar refractivity (Wildman–Crippen MR) is 239 cm³/mol. The summed E-state index contributed by atoms with van der Waals surface area (Å²) < 4.78 is 7.75. The fourth-order valence-corrected chi connectivity index (χ4v) is 9.44. The van der Waals surface area contributed by atoms with Gasteiger partial charge in [-0.15, -0.1) is 0 Å². The maximum Gasteiger partial charge on any atom is 0.264 e. The van der Waals surface area contributed by atoms with E-state index in [1.807, 2.05) is 59.3 Å². The van der Waals surface area contributed by atoms with Gasteiger partial charge in [0, 0.05) is 56.4 Å². The van der Waals surface area contributed by atoms with Gasteiger partial charge in [-0.3, -0.25) is 43.9 Å². The molecule has 4 aliphatic rings. The Bertz CT molecular complexity index is 2370. The third kappa shape index (κ3) is 9.80. The number of aromatic nitrogens is 2. The van der Waals surface area contributed by atoms with E-state index in [9.17, 15) is 28.8 Å². The van der Waals surface area contributed by atoms with Gasteiger partial charge in [0.05, 0.1) is 23.7 Å². The number of benzene rings is 3. The second-order valence-corrected chi connectivity index (χ2v) is 17.0. The van der Waals surface area contributed by atoms with E-state index in [2.05, 4.69) is 25.8 Å². The van der Waals surface area contributed by atoms with E-state index in [1.54, 1.807) is 12.1 Å². The first kappa shape index (κ1) is 44.0. The molecule has 8 rings (SSSR count). The summed E-state index contributed by atoms with van der Waals surface area (Å²) in [4.78, 5) is 81.7. The number of unbranched alkanes of at least 4 members (excludes halogenated alkanes) is 3. The van der Waals surface area contributed by atoms with Crippen molar-refractivity contribution in [1.82, 2.24) is 35.1 Å². The first-order valence-corrected chi connectivity index (χ1v) is 22.4. The zero-order chi connectivity index (χ0) is 44.7. The van der Waals surface area contributed by atoms with Gasteiger partial charge in [-0.2, -0.15) is 5.10 Å². The van der Waals surface area contributed by atoms with E-state index in [1.165, 1.54) is 6.07 Å². The Kier molecular flexibility index (Phi) is 13.7. The average molecular weight is 873 g/mol. The van der Waals surface area contributed by atoms with Crippen molar-refractivity contribution in [2.24, 2.45) is 5.73 Å². The van der Waals surface area contributed by atoms with Crippen molar-refractivity contribution < 1.29 is 33.5 Å². The minimum Gasteiger partial charge on any atom is -0.457 e. The Balaban J connectivity index is 0.708. The Hall–Kier alpha value is -6.59. The molecule has 6 amide bonds. The molecular weight excluding hydrogens is 817 g/mol. The molecule has 1 aromatic heterocycles. The molecule has 17 nitrogen and oxygen atoms in total. The van der Waals surface area contributed by atoms with Crippen molar-refractivity contribution in [3.8, 4) is 22.8 Å². The highest BCUT2D eigenvalue weighted by Gasteiger charge is 2.45. The van der Waals surface area contributed by atoms with E-state index < -0.39 is 35.6 Å². The van der Waals surface area contributed by atoms with Crippen molar-refractivity contribution in [2.45, 2.75) is 82.3 Å². The van der Waals surface area contributed by atoms with Gasteiger partial charge >= 0.3 is 0 Å². The molecular formula is C47H56N10O7. The topological polar surface area (TPSA) is 227 Å². The molecule has 7 N–H and O–H groups in total. The number of hydrogen-bond acceptors (Lipinski definition) is 12. The first-order chi connectivity index (χ1) is 31.0. The summed E-state index contributed by atoms with van der Waals surface area (Å²) in [6.07, 6.45) is 8.01. The van der Waals surface area contributed by atoms with Crippen LogP contribution in [0.1, 0.15) is 101 Å². The molecule has 0 spiro atoms. The van der Waals surface area contributed by atoms with Crippen LogP contribution in [0.25, 0.3) is 11.3 Å². The standard InChI is InChI=1S/C47H56N10O7/c48-43-41(44(49)60)42(30-13-19-34(20-14-30)64-33-9-4-3-5-10-33)53-57(43)32-17-15-31(16-18-32)55-27-25-54(26-28-55)24-7-2-1-6-23-50-39(59)29-51-36-12-8-11-35-40(36)47(63)56(46(35)62)37-21-22-38(58)52-45(37)61/h3-5,8-14,19-20,31-32,37,51H,1-2,6-7,15-18,21-29,48H2,(H2,49,60)(H,50,59)(H,52,58,61)/t31-,32-,37?. The van der Waals surface area contributed by atoms with Gasteiger partial charge in [0.2, 0.25) is 17.7 Å². The molecule has 3 fully saturated rings. The third-order valence-corrected chi connectivity index (χ3v) is 12.9. The van der Waals surface area contributed by atoms with Crippen LogP contribution in [0.3, 0.4) is 0 Å². The highest BCUT2D eigenvalue weighted by molar-refractivity contribution is 6.25. The number of hydrogen-bond donors (Lipinski definition) is 5. The Morgan fingerprint density at radius 1 is 0.781 bits per heavy atom. The van der Waals surface area contributed by atoms with Gasteiger partial charge < -0.3 is 31.7 Å². The summed E-state index contributed by atoms with van der Waals surface area (Å²) in [6.45, 7) is 5.65. The fourth-order valence-electron chi connectivity index (χ4n) is 9.44. The van der Waals surface area contributed by atoms with Gasteiger partial charge in [-0.25, -0.2) is 4.68 Å². The maximum absolute atomic E-state index is 13.3. The summed E-state index contributed by atoms with van der Waals surface area (Å²) in [5.74, 6) is -1.42. The second-order valence-electron chi connectivity index (χ2n) is 17.0. The van der Waals surface area contributed by atoms with Gasteiger partial charge in [0.1, 0.15) is 34.6 Å². The number of nitrogens with one attached hydrogen (secondary N) is 3. The number of amides is 6. The van der Waals surface area contributed by atoms with Crippen molar-refractivity contribution in [2.75, 3.05) is 56.9 Å². The lowest BCUT2D eigenvalue weighted by Crippen LogP contribution is -2.54. The lowest BCUT2D eigenvalue weighted by Gasteiger charge is -2.42. The molecule has 1 saturated carbocycles. The van der Waals surface area contributed by atoms with Gasteiger partial charge in [-0.1, -0.05) is 37.1 Å². The predicted octanol–water partition coefficient (Wildman–Crippen LogP) is 4.31. The number of carbonyl (C=O) groups is 6. The number of carbonyl (C=O) groups excluding carboxylic acids is 6. The number of fused-ring (bicyclic) bond motifs is 1. The summed E-state index contributed by atoms with van der Waals surface area (Å²) in [6, 6.07) is 21.3. The molecule has 4 aromatic rings. The number of primary amides is 1. The van der Waals surface area contributed by atoms with Crippen molar-refractivity contribution in [3.63, 3.8) is 0 Å². The highest BCUT2D eigenvalue weighted by Crippen LogP contribution is 2.37. The van der Waals surface area contributed by atoms with E-state index in [0.29, 0.717) is 35.5 Å². The third-order valence-electron chi connectivity index (χ3n) is 12.9. The largest absolute Gasteiger partial charge is 0.457 e. The number of para-hydroxylation sites is 1. The molecule has 17 heteroatoms. The SMILES string of the molecule is NC(=O)c1c(-c2ccc(Oc3ccccc3)cc2)nn([C@H]2CC[C@H](N3CCN(CCCCCCNC(=O)CNc4cccc5c4C(=O)N(C4CCC(=O)NC4=O)C5=O)CC3)CC2)c1N. The van der Waals surface area contributed by atoms with Crippen LogP contribution in [0.2, 0.25) is 0 Å². The number of nitrogens with zero attached hydrogens (tertiary/aromatic N) is 5. The molecule has 0 bridgehead atoms. The zero-order valence-corrected chi connectivity index (χ0v) is 35.9. The summed E-state index contributed by atoms with van der Waals surface area (Å²) in [5, 5.41) is 13.0. The Labute approximate surface area is 371 Å². The van der Waals surface area contributed by atoms with Crippen LogP contribution in [0.5, 0.6) is 11.5 Å². The quantitative estimate of drug-likeness (QED) is 0.0739. The molecule has 3 aromatic carbocycles. The Morgan fingerprint density at radius 3 is 2.20 bits per heavy atom. The minimum absolute atomic E-state index is 0.0403. The van der Waals surface area contributed by atoms with Crippen LogP contribution in [-0.4, -0.2) is 118 Å². The summed E-state index contributed by atoms with van der Waals surface area (Å²) >= 11 is 0. The first-order valence-electron chi connectivity index (χ1n) is 22.4. The number of nitrogen functional groups attached to an aromatic ring is 1. The summed E-state index contributed by atoms with van der Waals surface area (Å²) in [7, 11) is 0. The van der Waals surface area contributed by atoms with E-state index >= 15 is 0 Å². The number of anilines is 2. The molecule has 1 aliphatic carbocycles. The van der Waals surface area contributed by atoms with E-state index in [0.717, 1.165) is 100 Å². The maximum atomic E-state index is 13.3. The lowest BCUT2D eigenvalue weighted by atomic mass is 9.90. The van der Waals surface area contributed by atoms with Crippen molar-refractivity contribution in [1.29, 1.82) is 0 Å². The van der Waals surface area contributed by atoms with Crippen LogP contribution >= 0.6 is 0 Å². The number of piperazine rings is 1. The molecule has 0 radical (unpaired) electrons. The number of nitrogens with two attached hydrogens (primary N) is 2. The van der Waals surface area contributed by atoms with Gasteiger partial charge in [0.15, 0.2) is 0 Å². The summed E-state index contributed by atoms with van der Waals surface area (Å²) in [5.41, 5.74) is 14.5. The molecule has 1 atom stereocenters. The molecule has 4 heterocycles.